The molecule has 4 rings (SSSR count). The van der Waals surface area contributed by atoms with Crippen LogP contribution in [0.15, 0.2) is 65.8 Å². The molecule has 0 unspecified atom stereocenters. The number of thiazole rings is 1. The van der Waals surface area contributed by atoms with Crippen molar-refractivity contribution in [2.24, 2.45) is 0 Å². The lowest BCUT2D eigenvalue weighted by atomic mass is 10.2. The number of thioether (sulfide) groups is 1. The minimum Gasteiger partial charge on any atom is -0.495 e. The van der Waals surface area contributed by atoms with Gasteiger partial charge in [-0.1, -0.05) is 25.2 Å². The molecule has 0 fully saturated rings. The van der Waals surface area contributed by atoms with Gasteiger partial charge in [0.2, 0.25) is 0 Å². The zero-order chi connectivity index (χ0) is 23.4. The second-order valence-corrected chi connectivity index (χ2v) is 10.2. The molecule has 0 atom stereocenters. The van der Waals surface area contributed by atoms with Gasteiger partial charge < -0.3 is 9.47 Å². The molecule has 1 amide bonds. The number of carbonyl (C=O) groups excluding carboxylic acids is 1. The number of anilines is 1. The summed E-state index contributed by atoms with van der Waals surface area (Å²) in [6.07, 6.45) is 3.45. The first-order valence-corrected chi connectivity index (χ1v) is 12.2. The normalized spacial score (nSPS) is 11.1. The molecule has 4 aromatic rings. The highest BCUT2D eigenvalue weighted by molar-refractivity contribution is 7.99. The fourth-order valence-electron chi connectivity index (χ4n) is 3.39. The van der Waals surface area contributed by atoms with Gasteiger partial charge in [-0.3, -0.25) is 14.7 Å². The van der Waals surface area contributed by atoms with Crippen LogP contribution in [0.1, 0.15) is 29.8 Å². The standard InChI is InChI=1S/C25H25N3O3S2/c1-16(2)32-19-7-5-18(6-8-19)24(29)28(15-17-11-13-26-14-12-17)25-27-22-20(30-3)9-10-21(31-4)23(22)33-25/h5-14,16H,15H2,1-4H3. The molecule has 170 valence electrons. The number of amides is 1. The van der Waals surface area contributed by atoms with Crippen LogP contribution >= 0.6 is 23.1 Å². The summed E-state index contributed by atoms with van der Waals surface area (Å²) in [5.74, 6) is 1.21. The second kappa shape index (κ2) is 10.2. The summed E-state index contributed by atoms with van der Waals surface area (Å²) in [5.41, 5.74) is 2.24. The Morgan fingerprint density at radius 3 is 2.30 bits per heavy atom. The summed E-state index contributed by atoms with van der Waals surface area (Å²) in [5, 5.41) is 1.05. The molecule has 0 aliphatic heterocycles. The van der Waals surface area contributed by atoms with Crippen LogP contribution in [0.3, 0.4) is 0 Å². The minimum absolute atomic E-state index is 0.120. The summed E-state index contributed by atoms with van der Waals surface area (Å²) >= 11 is 3.18. The van der Waals surface area contributed by atoms with Crippen molar-refractivity contribution in [2.45, 2.75) is 30.5 Å². The lowest BCUT2D eigenvalue weighted by molar-refractivity contribution is 0.0985. The van der Waals surface area contributed by atoms with E-state index >= 15 is 0 Å². The van der Waals surface area contributed by atoms with E-state index in [0.717, 1.165) is 15.2 Å². The molecule has 2 aromatic carbocycles. The Hall–Kier alpha value is -3.10. The average molecular weight is 480 g/mol. The first-order chi connectivity index (χ1) is 16.0. The van der Waals surface area contributed by atoms with Crippen molar-refractivity contribution in [1.29, 1.82) is 0 Å². The Morgan fingerprint density at radius 1 is 1.00 bits per heavy atom. The number of methoxy groups -OCH3 is 2. The highest BCUT2D eigenvalue weighted by Crippen LogP contribution is 2.40. The van der Waals surface area contributed by atoms with E-state index in [2.05, 4.69) is 18.8 Å². The van der Waals surface area contributed by atoms with E-state index in [9.17, 15) is 4.79 Å². The van der Waals surface area contributed by atoms with Gasteiger partial charge in [0.05, 0.1) is 20.8 Å². The van der Waals surface area contributed by atoms with E-state index in [1.165, 1.54) is 11.3 Å². The maximum absolute atomic E-state index is 13.7. The van der Waals surface area contributed by atoms with Crippen LogP contribution in [0.25, 0.3) is 10.2 Å². The molecule has 2 aromatic heterocycles. The van der Waals surface area contributed by atoms with Gasteiger partial charge in [-0.2, -0.15) is 0 Å². The van der Waals surface area contributed by atoms with Crippen LogP contribution in [0, 0.1) is 0 Å². The number of ether oxygens (including phenoxy) is 2. The fraction of sp³-hybridized carbons (Fsp3) is 0.240. The molecule has 0 aliphatic rings. The van der Waals surface area contributed by atoms with Crippen molar-refractivity contribution in [3.05, 3.63) is 72.1 Å². The van der Waals surface area contributed by atoms with E-state index in [4.69, 9.17) is 14.5 Å². The van der Waals surface area contributed by atoms with Crippen molar-refractivity contribution in [2.75, 3.05) is 19.1 Å². The maximum Gasteiger partial charge on any atom is 0.260 e. The maximum atomic E-state index is 13.7. The predicted molar refractivity (Wildman–Crippen MR) is 135 cm³/mol. The number of pyridine rings is 1. The van der Waals surface area contributed by atoms with Crippen LogP contribution in [-0.4, -0.2) is 35.3 Å². The third-order valence-corrected chi connectivity index (χ3v) is 7.05. The van der Waals surface area contributed by atoms with Crippen molar-refractivity contribution in [3.8, 4) is 11.5 Å². The van der Waals surface area contributed by atoms with Crippen LogP contribution in [-0.2, 0) is 6.54 Å². The number of fused-ring (bicyclic) bond motifs is 1. The van der Waals surface area contributed by atoms with E-state index in [1.807, 2.05) is 48.5 Å². The molecule has 0 radical (unpaired) electrons. The van der Waals surface area contributed by atoms with Crippen molar-refractivity contribution in [3.63, 3.8) is 0 Å². The topological polar surface area (TPSA) is 64.6 Å². The predicted octanol–water partition coefficient (Wildman–Crippen LogP) is 6.06. The molecule has 8 heteroatoms. The number of rotatable bonds is 8. The van der Waals surface area contributed by atoms with E-state index < -0.39 is 0 Å². The van der Waals surface area contributed by atoms with E-state index in [0.29, 0.717) is 39.5 Å². The summed E-state index contributed by atoms with van der Waals surface area (Å²) < 4.78 is 11.9. The summed E-state index contributed by atoms with van der Waals surface area (Å²) in [6, 6.07) is 15.2. The largest absolute Gasteiger partial charge is 0.495 e. The Morgan fingerprint density at radius 2 is 1.67 bits per heavy atom. The minimum atomic E-state index is -0.120. The third-order valence-electron chi connectivity index (χ3n) is 4.94. The number of hydrogen-bond donors (Lipinski definition) is 0. The van der Waals surface area contributed by atoms with Crippen LogP contribution in [0.4, 0.5) is 5.13 Å². The average Bonchev–Trinajstić information content (AvgIpc) is 3.27. The quantitative estimate of drug-likeness (QED) is 0.286. The van der Waals surface area contributed by atoms with Crippen molar-refractivity contribution in [1.82, 2.24) is 9.97 Å². The Bertz CT molecular complexity index is 1200. The second-order valence-electron chi connectivity index (χ2n) is 7.58. The van der Waals surface area contributed by atoms with Crippen LogP contribution in [0.5, 0.6) is 11.5 Å². The SMILES string of the molecule is COc1ccc(OC)c2sc(N(Cc3ccncc3)C(=O)c3ccc(SC(C)C)cc3)nc12. The van der Waals surface area contributed by atoms with Gasteiger partial charge in [0.15, 0.2) is 5.13 Å². The van der Waals surface area contributed by atoms with E-state index in [1.54, 1.807) is 43.3 Å². The zero-order valence-corrected chi connectivity index (χ0v) is 20.6. The highest BCUT2D eigenvalue weighted by Gasteiger charge is 2.24. The van der Waals surface area contributed by atoms with Gasteiger partial charge in [-0.25, -0.2) is 4.98 Å². The van der Waals surface area contributed by atoms with E-state index in [-0.39, 0.29) is 5.91 Å². The third kappa shape index (κ3) is 5.12. The molecule has 0 bridgehead atoms. The molecule has 0 saturated carbocycles. The fourth-order valence-corrected chi connectivity index (χ4v) is 5.30. The number of hydrogen-bond acceptors (Lipinski definition) is 7. The first-order valence-electron chi connectivity index (χ1n) is 10.5. The summed E-state index contributed by atoms with van der Waals surface area (Å²) in [7, 11) is 3.23. The lowest BCUT2D eigenvalue weighted by Gasteiger charge is -2.20. The molecule has 0 saturated heterocycles. The molecule has 33 heavy (non-hydrogen) atoms. The van der Waals surface area contributed by atoms with Crippen LogP contribution in [0.2, 0.25) is 0 Å². The van der Waals surface area contributed by atoms with Crippen LogP contribution < -0.4 is 14.4 Å². The van der Waals surface area contributed by atoms with Gasteiger partial charge in [-0.05, 0) is 54.1 Å². The molecular weight excluding hydrogens is 454 g/mol. The lowest BCUT2D eigenvalue weighted by Crippen LogP contribution is -2.30. The molecule has 0 N–H and O–H groups in total. The summed E-state index contributed by atoms with van der Waals surface area (Å²) in [6.45, 7) is 4.67. The van der Waals surface area contributed by atoms with Gasteiger partial charge in [0, 0.05) is 28.1 Å². The molecule has 0 spiro atoms. The zero-order valence-electron chi connectivity index (χ0n) is 18.9. The van der Waals surface area contributed by atoms with Gasteiger partial charge >= 0.3 is 0 Å². The van der Waals surface area contributed by atoms with Crippen molar-refractivity contribution < 1.29 is 14.3 Å². The monoisotopic (exact) mass is 479 g/mol. The Labute approximate surface area is 201 Å². The highest BCUT2D eigenvalue weighted by atomic mass is 32.2. The Balaban J connectivity index is 1.76. The molecule has 6 nitrogen and oxygen atoms in total. The number of carbonyl (C=O) groups is 1. The van der Waals surface area contributed by atoms with Gasteiger partial charge in [-0.15, -0.1) is 11.8 Å². The number of benzene rings is 2. The Kier molecular flexibility index (Phi) is 7.15. The number of nitrogens with zero attached hydrogens (tertiary/aromatic N) is 3. The van der Waals surface area contributed by atoms with Crippen molar-refractivity contribution >= 4 is 44.4 Å². The number of aromatic nitrogens is 2. The van der Waals surface area contributed by atoms with Gasteiger partial charge in [0.1, 0.15) is 21.7 Å². The summed E-state index contributed by atoms with van der Waals surface area (Å²) in [4.78, 5) is 25.4. The smallest absolute Gasteiger partial charge is 0.260 e. The molecular formula is C25H25N3O3S2. The molecule has 0 aliphatic carbocycles. The van der Waals surface area contributed by atoms with Gasteiger partial charge in [0.25, 0.3) is 5.91 Å². The molecule has 2 heterocycles. The first kappa shape index (κ1) is 23.1.